The number of amides is 3. The highest BCUT2D eigenvalue weighted by molar-refractivity contribution is 6.19. The summed E-state index contributed by atoms with van der Waals surface area (Å²) in [5.41, 5.74) is 3.46. The van der Waals surface area contributed by atoms with Crippen LogP contribution in [0.15, 0.2) is 71.1 Å². The average molecular weight is 653 g/mol. The third-order valence-electron chi connectivity index (χ3n) is 7.75. The van der Waals surface area contributed by atoms with E-state index in [1.807, 2.05) is 24.3 Å². The fraction of sp³-hybridized carbons (Fsp3) is 0.206. The summed E-state index contributed by atoms with van der Waals surface area (Å²) in [6.45, 7) is 5.63. The normalized spacial score (nSPS) is 14.5. The molecule has 7 rings (SSSR count). The van der Waals surface area contributed by atoms with Gasteiger partial charge in [0.05, 0.1) is 16.7 Å². The predicted octanol–water partition coefficient (Wildman–Crippen LogP) is 7.15. The monoisotopic (exact) mass is 652 g/mol. The summed E-state index contributed by atoms with van der Waals surface area (Å²) in [4.78, 5) is 52.3. The van der Waals surface area contributed by atoms with E-state index >= 15 is 0 Å². The van der Waals surface area contributed by atoms with Crippen LogP contribution in [0.25, 0.3) is 32.9 Å². The van der Waals surface area contributed by atoms with Crippen LogP contribution in [0.2, 0.25) is 0 Å². The Morgan fingerprint density at radius 2 is 1.74 bits per heavy atom. The highest BCUT2D eigenvalue weighted by Gasteiger charge is 2.36. The number of benzene rings is 4. The summed E-state index contributed by atoms with van der Waals surface area (Å²) in [5.74, 6) is -0.777. The molecule has 0 fully saturated rings. The van der Waals surface area contributed by atoms with Gasteiger partial charge in [0.2, 0.25) is 0 Å². The number of halogens is 1. The van der Waals surface area contributed by atoms with Crippen molar-refractivity contribution in [3.05, 3.63) is 84.0 Å². The SMILES string of the molecule is CC(C)(C)OC(=O)Nc1ccc2nc(C(=O)Nc3ccc4[nH]c(C(=O)N5C[C@@H](CCl)c6c5cc(O)c5ccccc65)nc4c3)oc2c1. The highest BCUT2D eigenvalue weighted by Crippen LogP contribution is 2.45. The predicted molar refractivity (Wildman–Crippen MR) is 179 cm³/mol. The average Bonchev–Trinajstić information content (AvgIpc) is 3.74. The molecule has 0 spiro atoms. The summed E-state index contributed by atoms with van der Waals surface area (Å²) >= 11 is 6.34. The van der Waals surface area contributed by atoms with Crippen molar-refractivity contribution in [1.82, 2.24) is 15.0 Å². The number of carbonyl (C=O) groups is 3. The van der Waals surface area contributed by atoms with Crippen LogP contribution >= 0.6 is 11.6 Å². The van der Waals surface area contributed by atoms with Crippen molar-refractivity contribution in [3.63, 3.8) is 0 Å². The van der Waals surface area contributed by atoms with E-state index in [-0.39, 0.29) is 29.3 Å². The van der Waals surface area contributed by atoms with Gasteiger partial charge in [-0.3, -0.25) is 14.9 Å². The third kappa shape index (κ3) is 5.67. The number of carbonyl (C=O) groups excluding carboxylic acids is 3. The molecule has 2 aromatic heterocycles. The summed E-state index contributed by atoms with van der Waals surface area (Å²) in [6, 6.07) is 18.9. The lowest BCUT2D eigenvalue weighted by molar-refractivity contribution is 0.0635. The Bertz CT molecular complexity index is 2240. The number of aromatic hydroxyl groups is 1. The molecule has 4 aromatic carbocycles. The Kier molecular flexibility index (Phi) is 7.24. The number of alkyl halides is 1. The van der Waals surface area contributed by atoms with Crippen molar-refractivity contribution < 1.29 is 28.6 Å². The van der Waals surface area contributed by atoms with Gasteiger partial charge in [-0.2, -0.15) is 0 Å². The molecule has 0 saturated heterocycles. The number of rotatable bonds is 5. The number of hydrogen-bond acceptors (Lipinski definition) is 8. The maximum Gasteiger partial charge on any atom is 0.412 e. The second-order valence-electron chi connectivity index (χ2n) is 12.2. The Morgan fingerprint density at radius 1 is 1.00 bits per heavy atom. The van der Waals surface area contributed by atoms with Gasteiger partial charge in [0.1, 0.15) is 16.9 Å². The molecule has 1 atom stereocenters. The molecule has 3 heterocycles. The molecule has 0 radical (unpaired) electrons. The van der Waals surface area contributed by atoms with E-state index in [9.17, 15) is 19.5 Å². The fourth-order valence-corrected chi connectivity index (χ4v) is 6.02. The van der Waals surface area contributed by atoms with Crippen molar-refractivity contribution in [2.24, 2.45) is 0 Å². The summed E-state index contributed by atoms with van der Waals surface area (Å²) in [5, 5.41) is 17.7. The molecular formula is C34H29ClN6O6. The number of fused-ring (bicyclic) bond motifs is 5. The van der Waals surface area contributed by atoms with Crippen LogP contribution in [0.1, 0.15) is 53.6 Å². The summed E-state index contributed by atoms with van der Waals surface area (Å²) in [6.07, 6.45) is -0.620. The molecule has 13 heteroatoms. The standard InChI is InChI=1S/C34H29ClN6O6/c1-34(2,3)47-33(45)37-19-9-11-23-27(13-19)46-31(40-23)30(43)36-18-8-10-22-24(12-18)39-29(38-22)32(44)41-16-17(15-35)28-21-7-5-4-6-20(21)26(42)14-25(28)41/h4-14,17,42H,15-16H2,1-3H3,(H,36,43)(H,37,45)(H,38,39)/t17-/m1/s1. The van der Waals surface area contributed by atoms with Gasteiger partial charge >= 0.3 is 12.0 Å². The van der Waals surface area contributed by atoms with Crippen molar-refractivity contribution in [2.45, 2.75) is 32.3 Å². The topological polar surface area (TPSA) is 163 Å². The molecule has 4 N–H and O–H groups in total. The number of imidazole rings is 1. The minimum Gasteiger partial charge on any atom is -0.507 e. The molecule has 0 bridgehead atoms. The van der Waals surface area contributed by atoms with Gasteiger partial charge in [0.25, 0.3) is 11.8 Å². The van der Waals surface area contributed by atoms with E-state index in [1.54, 1.807) is 68.1 Å². The maximum atomic E-state index is 13.8. The van der Waals surface area contributed by atoms with E-state index < -0.39 is 17.6 Å². The van der Waals surface area contributed by atoms with Crippen LogP contribution in [0.4, 0.5) is 21.9 Å². The lowest BCUT2D eigenvalue weighted by Crippen LogP contribution is -2.30. The molecule has 6 aromatic rings. The third-order valence-corrected chi connectivity index (χ3v) is 8.12. The Labute approximate surface area is 272 Å². The van der Waals surface area contributed by atoms with Gasteiger partial charge in [-0.15, -0.1) is 11.6 Å². The second kappa shape index (κ2) is 11.3. The number of H-pyrrole nitrogens is 1. The van der Waals surface area contributed by atoms with E-state index in [0.29, 0.717) is 57.0 Å². The number of phenolic OH excluding ortho intramolecular Hbond substituents is 1. The van der Waals surface area contributed by atoms with Crippen LogP contribution in [0, 0.1) is 0 Å². The first kappa shape index (κ1) is 30.1. The largest absolute Gasteiger partial charge is 0.507 e. The van der Waals surface area contributed by atoms with Crippen LogP contribution in [0.5, 0.6) is 5.75 Å². The minimum absolute atomic E-state index is 0.0780. The first-order valence-corrected chi connectivity index (χ1v) is 15.3. The lowest BCUT2D eigenvalue weighted by atomic mass is 9.95. The van der Waals surface area contributed by atoms with Crippen molar-refractivity contribution in [2.75, 3.05) is 28.0 Å². The lowest BCUT2D eigenvalue weighted by Gasteiger charge is -2.19. The van der Waals surface area contributed by atoms with Crippen LogP contribution in [-0.4, -0.2) is 56.0 Å². The van der Waals surface area contributed by atoms with E-state index in [2.05, 4.69) is 25.6 Å². The van der Waals surface area contributed by atoms with Gasteiger partial charge in [0.15, 0.2) is 11.4 Å². The zero-order valence-electron chi connectivity index (χ0n) is 25.6. The number of oxazole rings is 1. The van der Waals surface area contributed by atoms with Crippen molar-refractivity contribution >= 4 is 79.5 Å². The molecule has 0 unspecified atom stereocenters. The van der Waals surface area contributed by atoms with Crippen LogP contribution in [0.3, 0.4) is 0 Å². The number of nitrogens with one attached hydrogen (secondary N) is 3. The zero-order chi connectivity index (χ0) is 33.0. The van der Waals surface area contributed by atoms with E-state index in [4.69, 9.17) is 20.8 Å². The molecule has 47 heavy (non-hydrogen) atoms. The number of hydrogen-bond donors (Lipinski definition) is 4. The Balaban J connectivity index is 1.10. The van der Waals surface area contributed by atoms with Gasteiger partial charge in [-0.05, 0) is 62.1 Å². The fourth-order valence-electron chi connectivity index (χ4n) is 5.76. The molecule has 1 aliphatic rings. The molecule has 1 aliphatic heterocycles. The Hall–Kier alpha value is -5.62. The van der Waals surface area contributed by atoms with E-state index in [0.717, 1.165) is 10.9 Å². The second-order valence-corrected chi connectivity index (χ2v) is 12.5. The van der Waals surface area contributed by atoms with E-state index in [1.165, 1.54) is 0 Å². The summed E-state index contributed by atoms with van der Waals surface area (Å²) in [7, 11) is 0. The van der Waals surface area contributed by atoms with Crippen LogP contribution in [-0.2, 0) is 4.74 Å². The van der Waals surface area contributed by atoms with Crippen molar-refractivity contribution in [3.8, 4) is 5.75 Å². The first-order valence-electron chi connectivity index (χ1n) is 14.8. The molecule has 0 aliphatic carbocycles. The molecule has 0 saturated carbocycles. The van der Waals surface area contributed by atoms with Gasteiger partial charge in [0, 0.05) is 47.2 Å². The number of anilines is 3. The Morgan fingerprint density at radius 3 is 2.51 bits per heavy atom. The summed E-state index contributed by atoms with van der Waals surface area (Å²) < 4.78 is 10.9. The van der Waals surface area contributed by atoms with Gasteiger partial charge < -0.3 is 29.5 Å². The molecule has 3 amide bonds. The number of nitrogens with zero attached hydrogens (tertiary/aromatic N) is 3. The molecular weight excluding hydrogens is 624 g/mol. The molecule has 238 valence electrons. The number of aromatic amines is 1. The smallest absolute Gasteiger partial charge is 0.412 e. The zero-order valence-corrected chi connectivity index (χ0v) is 26.3. The van der Waals surface area contributed by atoms with Crippen LogP contribution < -0.4 is 15.5 Å². The first-order chi connectivity index (χ1) is 22.5. The number of phenols is 1. The minimum atomic E-state index is -0.656. The molecule has 12 nitrogen and oxygen atoms in total. The number of ether oxygens (including phenoxy) is 1. The van der Waals surface area contributed by atoms with Gasteiger partial charge in [-0.25, -0.2) is 14.8 Å². The quantitative estimate of drug-likeness (QED) is 0.143. The van der Waals surface area contributed by atoms with Gasteiger partial charge in [-0.1, -0.05) is 24.3 Å². The number of aromatic nitrogens is 3. The van der Waals surface area contributed by atoms with Crippen molar-refractivity contribution in [1.29, 1.82) is 0 Å². The maximum absolute atomic E-state index is 13.8. The highest BCUT2D eigenvalue weighted by atomic mass is 35.5.